The van der Waals surface area contributed by atoms with Crippen molar-refractivity contribution in [2.45, 2.75) is 12.5 Å². The molecule has 1 rings (SSSR count). The fourth-order valence-corrected chi connectivity index (χ4v) is 2.34. The highest BCUT2D eigenvalue weighted by molar-refractivity contribution is 9.10. The summed E-state index contributed by atoms with van der Waals surface area (Å²) in [4.78, 5) is 13.9. The maximum Gasteiger partial charge on any atom is 0.252 e. The van der Waals surface area contributed by atoms with Gasteiger partial charge in [0.2, 0.25) is 0 Å². The summed E-state index contributed by atoms with van der Waals surface area (Å²) >= 11 is 9.27. The van der Waals surface area contributed by atoms with E-state index in [0.29, 0.717) is 17.1 Å². The van der Waals surface area contributed by atoms with E-state index in [1.165, 1.54) is 0 Å². The third-order valence-corrected chi connectivity index (χ3v) is 3.28. The van der Waals surface area contributed by atoms with E-state index >= 15 is 0 Å². The van der Waals surface area contributed by atoms with Gasteiger partial charge in [0, 0.05) is 17.6 Å². The topological polar surface area (TPSA) is 52.6 Å². The molecule has 0 spiro atoms. The van der Waals surface area contributed by atoms with Crippen molar-refractivity contribution in [2.75, 3.05) is 27.2 Å². The zero-order valence-electron chi connectivity index (χ0n) is 11.2. The monoisotopic (exact) mass is 348 g/mol. The Kier molecular flexibility index (Phi) is 5.80. The van der Waals surface area contributed by atoms with Crippen LogP contribution in [0.5, 0.6) is 0 Å². The summed E-state index contributed by atoms with van der Waals surface area (Å²) in [6.45, 7) is 2.29. The Balaban J connectivity index is 2.68. The van der Waals surface area contributed by atoms with Crippen LogP contribution in [-0.4, -0.2) is 48.7 Å². The van der Waals surface area contributed by atoms with Gasteiger partial charge in [0.1, 0.15) is 0 Å². The number of hydrogen-bond acceptors (Lipinski definition) is 3. The average molecular weight is 350 g/mol. The van der Waals surface area contributed by atoms with Crippen molar-refractivity contribution in [2.24, 2.45) is 0 Å². The summed E-state index contributed by atoms with van der Waals surface area (Å²) in [6.07, 6.45) is 0. The first-order valence-electron chi connectivity index (χ1n) is 5.82. The number of hydrogen-bond donors (Lipinski definition) is 2. The smallest absolute Gasteiger partial charge is 0.252 e. The van der Waals surface area contributed by atoms with E-state index in [2.05, 4.69) is 21.2 Å². The number of carbonyl (C=O) groups is 1. The van der Waals surface area contributed by atoms with Gasteiger partial charge in [-0.25, -0.2) is 0 Å². The van der Waals surface area contributed by atoms with Crippen LogP contribution in [0.2, 0.25) is 5.02 Å². The predicted molar refractivity (Wildman–Crippen MR) is 80.7 cm³/mol. The van der Waals surface area contributed by atoms with Gasteiger partial charge in [0.05, 0.1) is 16.2 Å². The summed E-state index contributed by atoms with van der Waals surface area (Å²) in [6, 6.07) is 5.07. The average Bonchev–Trinajstić information content (AvgIpc) is 2.27. The zero-order valence-corrected chi connectivity index (χ0v) is 13.5. The lowest BCUT2D eigenvalue weighted by Gasteiger charge is -2.27. The molecule has 106 valence electrons. The van der Waals surface area contributed by atoms with Gasteiger partial charge in [-0.1, -0.05) is 27.5 Å². The van der Waals surface area contributed by atoms with E-state index in [1.807, 2.05) is 19.0 Å². The van der Waals surface area contributed by atoms with Crippen molar-refractivity contribution in [1.29, 1.82) is 0 Å². The van der Waals surface area contributed by atoms with Crippen LogP contribution in [-0.2, 0) is 0 Å². The maximum atomic E-state index is 12.0. The van der Waals surface area contributed by atoms with E-state index in [0.717, 1.165) is 4.47 Å². The third kappa shape index (κ3) is 5.48. The van der Waals surface area contributed by atoms with Crippen LogP contribution in [0.15, 0.2) is 22.7 Å². The molecule has 0 aliphatic carbocycles. The van der Waals surface area contributed by atoms with Crippen molar-refractivity contribution >= 4 is 33.4 Å². The molecule has 1 unspecified atom stereocenters. The Morgan fingerprint density at radius 2 is 2.16 bits per heavy atom. The molecular formula is C13H18BrClN2O2. The van der Waals surface area contributed by atoms with Crippen molar-refractivity contribution in [1.82, 2.24) is 10.2 Å². The largest absolute Gasteiger partial charge is 0.387 e. The van der Waals surface area contributed by atoms with Gasteiger partial charge in [-0.2, -0.15) is 0 Å². The molecular weight excluding hydrogens is 332 g/mol. The second-order valence-electron chi connectivity index (χ2n) is 5.04. The summed E-state index contributed by atoms with van der Waals surface area (Å²) in [5.74, 6) is -0.301. The van der Waals surface area contributed by atoms with Crippen LogP contribution in [0.1, 0.15) is 17.3 Å². The fourth-order valence-electron chi connectivity index (χ4n) is 1.77. The highest BCUT2D eigenvalue weighted by Gasteiger charge is 2.23. The number of carbonyl (C=O) groups excluding carboxylic acids is 1. The minimum atomic E-state index is -0.988. The van der Waals surface area contributed by atoms with E-state index in [9.17, 15) is 9.90 Å². The van der Waals surface area contributed by atoms with Crippen LogP contribution < -0.4 is 5.32 Å². The number of aliphatic hydroxyl groups is 1. The number of halogens is 2. The van der Waals surface area contributed by atoms with Gasteiger partial charge in [0.15, 0.2) is 0 Å². The molecule has 4 nitrogen and oxygen atoms in total. The molecule has 1 amide bonds. The van der Waals surface area contributed by atoms with Gasteiger partial charge in [-0.15, -0.1) is 0 Å². The van der Waals surface area contributed by atoms with Crippen LogP contribution in [0.25, 0.3) is 0 Å². The molecule has 0 heterocycles. The summed E-state index contributed by atoms with van der Waals surface area (Å²) in [5.41, 5.74) is -0.603. The molecule has 6 heteroatoms. The summed E-state index contributed by atoms with van der Waals surface area (Å²) in [7, 11) is 3.73. The summed E-state index contributed by atoms with van der Waals surface area (Å²) in [5, 5.41) is 13.2. The first-order valence-corrected chi connectivity index (χ1v) is 6.99. The van der Waals surface area contributed by atoms with E-state index < -0.39 is 5.60 Å². The molecule has 2 N–H and O–H groups in total. The molecule has 0 bridgehead atoms. The first-order chi connectivity index (χ1) is 8.71. The van der Waals surface area contributed by atoms with Crippen LogP contribution >= 0.6 is 27.5 Å². The highest BCUT2D eigenvalue weighted by Crippen LogP contribution is 2.21. The number of rotatable bonds is 5. The maximum absolute atomic E-state index is 12.0. The molecule has 19 heavy (non-hydrogen) atoms. The molecule has 1 atom stereocenters. The van der Waals surface area contributed by atoms with Crippen molar-refractivity contribution in [3.8, 4) is 0 Å². The number of benzene rings is 1. The van der Waals surface area contributed by atoms with Crippen LogP contribution in [0, 0.1) is 0 Å². The zero-order chi connectivity index (χ0) is 14.6. The predicted octanol–water partition coefficient (Wildman–Crippen LogP) is 2.14. The van der Waals surface area contributed by atoms with E-state index in [1.54, 1.807) is 25.1 Å². The van der Waals surface area contributed by atoms with Crippen LogP contribution in [0.3, 0.4) is 0 Å². The number of nitrogens with zero attached hydrogens (tertiary/aromatic N) is 1. The van der Waals surface area contributed by atoms with Crippen molar-refractivity contribution in [3.05, 3.63) is 33.3 Å². The Morgan fingerprint density at radius 3 is 2.74 bits per heavy atom. The normalized spacial score (nSPS) is 14.3. The van der Waals surface area contributed by atoms with E-state index in [-0.39, 0.29) is 12.5 Å². The quantitative estimate of drug-likeness (QED) is 0.856. The lowest BCUT2D eigenvalue weighted by atomic mass is 10.1. The highest BCUT2D eigenvalue weighted by atomic mass is 79.9. The number of amides is 1. The molecule has 0 aliphatic rings. The number of nitrogens with one attached hydrogen (secondary N) is 1. The van der Waals surface area contributed by atoms with Gasteiger partial charge in [-0.3, -0.25) is 4.79 Å². The Labute approximate surface area is 126 Å². The molecule has 1 aromatic rings. The van der Waals surface area contributed by atoms with Gasteiger partial charge in [0.25, 0.3) is 5.91 Å². The van der Waals surface area contributed by atoms with Crippen LogP contribution in [0.4, 0.5) is 0 Å². The van der Waals surface area contributed by atoms with E-state index in [4.69, 9.17) is 11.6 Å². The lowest BCUT2D eigenvalue weighted by Crippen LogP contribution is -2.47. The second-order valence-corrected chi connectivity index (χ2v) is 6.36. The molecule has 0 saturated heterocycles. The molecule has 0 radical (unpaired) electrons. The fraction of sp³-hybridized carbons (Fsp3) is 0.462. The van der Waals surface area contributed by atoms with Crippen molar-refractivity contribution in [3.63, 3.8) is 0 Å². The third-order valence-electron chi connectivity index (χ3n) is 2.46. The molecule has 0 aromatic heterocycles. The second kappa shape index (κ2) is 6.70. The summed E-state index contributed by atoms with van der Waals surface area (Å²) < 4.78 is 0.780. The minimum absolute atomic E-state index is 0.160. The standard InChI is InChI=1S/C13H18BrClN2O2/c1-13(19,8-17(2)3)7-16-12(18)10-6-9(14)4-5-11(10)15/h4-6,19H,7-8H2,1-3H3,(H,16,18). The lowest BCUT2D eigenvalue weighted by molar-refractivity contribution is 0.0326. The molecule has 1 aromatic carbocycles. The molecule has 0 aliphatic heterocycles. The Morgan fingerprint density at radius 1 is 1.53 bits per heavy atom. The first kappa shape index (κ1) is 16.4. The minimum Gasteiger partial charge on any atom is -0.387 e. The van der Waals surface area contributed by atoms with Gasteiger partial charge >= 0.3 is 0 Å². The molecule has 0 fully saturated rings. The van der Waals surface area contributed by atoms with Crippen molar-refractivity contribution < 1.29 is 9.90 Å². The SMILES string of the molecule is CN(C)CC(C)(O)CNC(=O)c1cc(Br)ccc1Cl. The number of likely N-dealkylation sites (N-methyl/N-ethyl adjacent to an activating group) is 1. The molecule has 0 saturated carbocycles. The van der Waals surface area contributed by atoms with Gasteiger partial charge < -0.3 is 15.3 Å². The Bertz CT molecular complexity index is 464. The van der Waals surface area contributed by atoms with Gasteiger partial charge in [-0.05, 0) is 39.2 Å². The Hall–Kier alpha value is -0.620.